The molecule has 4 rings (SSSR count). The van der Waals surface area contributed by atoms with Crippen molar-refractivity contribution in [2.45, 2.75) is 44.4 Å². The molecule has 3 aromatic rings. The van der Waals surface area contributed by atoms with E-state index in [9.17, 15) is 23.1 Å². The van der Waals surface area contributed by atoms with E-state index < -0.39 is 12.3 Å². The first-order valence-electron chi connectivity index (χ1n) is 11.1. The van der Waals surface area contributed by atoms with Gasteiger partial charge in [-0.25, -0.2) is 4.79 Å². The smallest absolute Gasteiger partial charge is 0.478 e. The lowest BCUT2D eigenvalue weighted by atomic mass is 9.79. The van der Waals surface area contributed by atoms with Crippen molar-refractivity contribution in [2.75, 3.05) is 11.9 Å². The maximum Gasteiger partial charge on any atom is 0.573 e. The summed E-state index contributed by atoms with van der Waals surface area (Å²) in [4.78, 5) is 17.5. The van der Waals surface area contributed by atoms with Crippen molar-refractivity contribution in [3.05, 3.63) is 83.2 Å². The minimum absolute atomic E-state index is 0.252. The maximum absolute atomic E-state index is 12.4. The van der Waals surface area contributed by atoms with E-state index in [1.165, 1.54) is 35.5 Å². The van der Waals surface area contributed by atoms with E-state index in [1.54, 1.807) is 18.3 Å². The number of carboxylic acids is 1. The zero-order valence-corrected chi connectivity index (χ0v) is 18.7. The van der Waals surface area contributed by atoms with Crippen LogP contribution in [0.5, 0.6) is 5.75 Å². The molecule has 1 heterocycles. The summed E-state index contributed by atoms with van der Waals surface area (Å²) in [5.41, 5.74) is 5.27. The van der Waals surface area contributed by atoms with Crippen molar-refractivity contribution >= 4 is 17.3 Å². The van der Waals surface area contributed by atoms with Crippen LogP contribution in [-0.4, -0.2) is 29.5 Å². The molecule has 34 heavy (non-hydrogen) atoms. The third kappa shape index (κ3) is 5.50. The molecule has 0 radical (unpaired) electrons. The Morgan fingerprint density at radius 3 is 2.59 bits per heavy atom. The van der Waals surface area contributed by atoms with Crippen LogP contribution in [0.2, 0.25) is 0 Å². The number of anilines is 2. The number of nitrogens with zero attached hydrogens (tertiary/aromatic N) is 2. The predicted octanol–water partition coefficient (Wildman–Crippen LogP) is 6.50. The standard InChI is InChI=1S/C26H25F3N2O3/c1-31(20-7-10-22(11-8-20)34-26(27,28)29)21-9-12-23-17(3-2-4-18(23)15-21)5-6-19-16-30-14-13-24(19)25(32)33/h7-17H,2-6H2,1H3,(H,32,33)/t17-/m0/s1. The number of carbonyl (C=O) groups is 1. The van der Waals surface area contributed by atoms with E-state index in [0.29, 0.717) is 17.9 Å². The van der Waals surface area contributed by atoms with Gasteiger partial charge in [0.1, 0.15) is 5.75 Å². The Morgan fingerprint density at radius 2 is 1.88 bits per heavy atom. The summed E-state index contributed by atoms with van der Waals surface area (Å²) in [6, 6.07) is 13.6. The quantitative estimate of drug-likeness (QED) is 0.427. The highest BCUT2D eigenvalue weighted by Crippen LogP contribution is 2.38. The Hall–Kier alpha value is -3.55. The van der Waals surface area contributed by atoms with Gasteiger partial charge in [-0.05, 0) is 97.2 Å². The summed E-state index contributed by atoms with van der Waals surface area (Å²) in [5.74, 6) is -0.853. The largest absolute Gasteiger partial charge is 0.573 e. The Labute approximate surface area is 195 Å². The van der Waals surface area contributed by atoms with Gasteiger partial charge in [-0.1, -0.05) is 6.07 Å². The number of ether oxygens (including phenoxy) is 1. The van der Waals surface area contributed by atoms with Gasteiger partial charge in [0.2, 0.25) is 0 Å². The number of halogens is 3. The molecule has 0 amide bonds. The number of hydrogen-bond donors (Lipinski definition) is 1. The topological polar surface area (TPSA) is 62.7 Å². The molecular formula is C26H25F3N2O3. The van der Waals surface area contributed by atoms with Crippen LogP contribution in [-0.2, 0) is 12.8 Å². The average Bonchev–Trinajstić information content (AvgIpc) is 2.81. The van der Waals surface area contributed by atoms with E-state index in [4.69, 9.17) is 0 Å². The number of carboxylic acid groups (broad SMARTS) is 1. The number of aromatic carboxylic acids is 1. The Balaban J connectivity index is 1.48. The summed E-state index contributed by atoms with van der Waals surface area (Å²) in [7, 11) is 1.87. The lowest BCUT2D eigenvalue weighted by Crippen LogP contribution is -2.17. The molecule has 0 aliphatic heterocycles. The first-order chi connectivity index (χ1) is 16.2. The molecular weight excluding hydrogens is 445 g/mol. The molecule has 1 aliphatic carbocycles. The second-order valence-corrected chi connectivity index (χ2v) is 8.45. The number of hydrogen-bond acceptors (Lipinski definition) is 4. The van der Waals surface area contributed by atoms with Crippen LogP contribution in [0.25, 0.3) is 0 Å². The fourth-order valence-electron chi connectivity index (χ4n) is 4.60. The first kappa shape index (κ1) is 23.6. The fraction of sp³-hybridized carbons (Fsp3) is 0.308. The highest BCUT2D eigenvalue weighted by Gasteiger charge is 2.31. The summed E-state index contributed by atoms with van der Waals surface area (Å²) in [5, 5.41) is 9.41. The van der Waals surface area contributed by atoms with Crippen LogP contribution >= 0.6 is 0 Å². The molecule has 0 spiro atoms. The molecule has 178 valence electrons. The number of pyridine rings is 1. The van der Waals surface area contributed by atoms with Gasteiger partial charge in [0.15, 0.2) is 0 Å². The van der Waals surface area contributed by atoms with Gasteiger partial charge in [-0.2, -0.15) is 0 Å². The van der Waals surface area contributed by atoms with Crippen LogP contribution < -0.4 is 9.64 Å². The molecule has 2 aromatic carbocycles. The number of rotatable bonds is 7. The van der Waals surface area contributed by atoms with Gasteiger partial charge in [-0.15, -0.1) is 13.2 Å². The Bertz CT molecular complexity index is 1160. The number of alkyl halides is 3. The summed E-state index contributed by atoms with van der Waals surface area (Å²) in [6.45, 7) is 0. The molecule has 0 unspecified atom stereocenters. The van der Waals surface area contributed by atoms with E-state index in [1.807, 2.05) is 18.0 Å². The van der Waals surface area contributed by atoms with Gasteiger partial charge in [0.25, 0.3) is 0 Å². The van der Waals surface area contributed by atoms with Crippen molar-refractivity contribution in [3.63, 3.8) is 0 Å². The molecule has 0 fully saturated rings. The van der Waals surface area contributed by atoms with Gasteiger partial charge in [0, 0.05) is 30.8 Å². The van der Waals surface area contributed by atoms with Crippen LogP contribution in [0.3, 0.4) is 0 Å². The first-order valence-corrected chi connectivity index (χ1v) is 11.1. The summed E-state index contributed by atoms with van der Waals surface area (Å²) >= 11 is 0. The average molecular weight is 470 g/mol. The Kier molecular flexibility index (Phi) is 6.77. The minimum Gasteiger partial charge on any atom is -0.478 e. The second kappa shape index (κ2) is 9.75. The highest BCUT2D eigenvalue weighted by molar-refractivity contribution is 5.89. The highest BCUT2D eigenvalue weighted by atomic mass is 19.4. The zero-order chi connectivity index (χ0) is 24.3. The molecule has 1 aromatic heterocycles. The molecule has 1 atom stereocenters. The maximum atomic E-state index is 12.4. The van der Waals surface area contributed by atoms with Crippen LogP contribution in [0, 0.1) is 0 Å². The van der Waals surface area contributed by atoms with E-state index in [2.05, 4.69) is 21.9 Å². The third-order valence-corrected chi connectivity index (χ3v) is 6.31. The molecule has 0 saturated carbocycles. The lowest BCUT2D eigenvalue weighted by molar-refractivity contribution is -0.274. The van der Waals surface area contributed by atoms with Gasteiger partial charge in [0.05, 0.1) is 5.56 Å². The van der Waals surface area contributed by atoms with Gasteiger partial charge >= 0.3 is 12.3 Å². The van der Waals surface area contributed by atoms with Crippen LogP contribution in [0.4, 0.5) is 24.5 Å². The predicted molar refractivity (Wildman–Crippen MR) is 123 cm³/mol. The molecule has 8 heteroatoms. The van der Waals surface area contributed by atoms with Crippen molar-refractivity contribution in [2.24, 2.45) is 0 Å². The molecule has 0 bridgehead atoms. The molecule has 1 aliphatic rings. The van der Waals surface area contributed by atoms with Crippen LogP contribution in [0.1, 0.15) is 52.2 Å². The van der Waals surface area contributed by atoms with Crippen molar-refractivity contribution < 1.29 is 27.8 Å². The van der Waals surface area contributed by atoms with Crippen molar-refractivity contribution in [3.8, 4) is 5.75 Å². The number of aromatic nitrogens is 1. The molecule has 0 saturated heterocycles. The van der Waals surface area contributed by atoms with E-state index >= 15 is 0 Å². The van der Waals surface area contributed by atoms with Crippen molar-refractivity contribution in [1.82, 2.24) is 4.98 Å². The number of fused-ring (bicyclic) bond motifs is 1. The monoisotopic (exact) mass is 470 g/mol. The summed E-state index contributed by atoms with van der Waals surface area (Å²) in [6.07, 6.45) is 2.96. The minimum atomic E-state index is -4.71. The van der Waals surface area contributed by atoms with Gasteiger partial charge < -0.3 is 14.7 Å². The number of benzene rings is 2. The number of aryl methyl sites for hydroxylation is 2. The van der Waals surface area contributed by atoms with Crippen molar-refractivity contribution in [1.29, 1.82) is 0 Å². The van der Waals surface area contributed by atoms with Crippen LogP contribution in [0.15, 0.2) is 60.9 Å². The molecule has 1 N–H and O–H groups in total. The zero-order valence-electron chi connectivity index (χ0n) is 18.7. The second-order valence-electron chi connectivity index (χ2n) is 8.45. The van der Waals surface area contributed by atoms with Gasteiger partial charge in [-0.3, -0.25) is 4.98 Å². The molecule has 5 nitrogen and oxygen atoms in total. The van der Waals surface area contributed by atoms with E-state index in [-0.39, 0.29) is 5.75 Å². The Morgan fingerprint density at radius 1 is 1.15 bits per heavy atom. The SMILES string of the molecule is CN(c1ccc(OC(F)(F)F)cc1)c1ccc2c(c1)CCC[C@H]2CCc1cnccc1C(=O)O. The summed E-state index contributed by atoms with van der Waals surface area (Å²) < 4.78 is 41.2. The normalized spacial score (nSPS) is 15.5. The fourth-order valence-corrected chi connectivity index (χ4v) is 4.60. The lowest BCUT2D eigenvalue weighted by Gasteiger charge is -2.28. The van der Waals surface area contributed by atoms with E-state index in [0.717, 1.165) is 42.6 Å². The third-order valence-electron chi connectivity index (χ3n) is 6.31.